The molecule has 0 aliphatic carbocycles. The standard InChI is InChI=1S/C19H18BrFN2O2/c20-14-8-9-17(21)16(11-14)19(25)23-10-4-5-13(12-23)18(24)22-15-6-2-1-3-7-15/h1-3,6-9,11,13H,4-5,10,12H2,(H,22,24). The van der Waals surface area contributed by atoms with Gasteiger partial charge in [0.1, 0.15) is 5.82 Å². The van der Waals surface area contributed by atoms with Crippen LogP contribution in [-0.4, -0.2) is 29.8 Å². The van der Waals surface area contributed by atoms with E-state index in [0.717, 1.165) is 5.69 Å². The number of para-hydroxylation sites is 1. The van der Waals surface area contributed by atoms with Crippen LogP contribution in [0.2, 0.25) is 0 Å². The van der Waals surface area contributed by atoms with E-state index in [1.807, 2.05) is 30.3 Å². The van der Waals surface area contributed by atoms with E-state index < -0.39 is 5.82 Å². The highest BCUT2D eigenvalue weighted by atomic mass is 79.9. The summed E-state index contributed by atoms with van der Waals surface area (Å²) in [7, 11) is 0. The van der Waals surface area contributed by atoms with E-state index in [-0.39, 0.29) is 23.3 Å². The molecule has 3 rings (SSSR count). The molecule has 1 N–H and O–H groups in total. The second-order valence-electron chi connectivity index (χ2n) is 6.07. The van der Waals surface area contributed by atoms with Crippen molar-refractivity contribution in [3.05, 3.63) is 64.4 Å². The number of rotatable bonds is 3. The Balaban J connectivity index is 1.69. The largest absolute Gasteiger partial charge is 0.338 e. The Labute approximate surface area is 154 Å². The van der Waals surface area contributed by atoms with Crippen molar-refractivity contribution in [1.29, 1.82) is 0 Å². The molecule has 0 bridgehead atoms. The van der Waals surface area contributed by atoms with E-state index in [4.69, 9.17) is 0 Å². The molecule has 0 radical (unpaired) electrons. The van der Waals surface area contributed by atoms with Crippen molar-refractivity contribution in [2.24, 2.45) is 5.92 Å². The van der Waals surface area contributed by atoms with Crippen LogP contribution in [0.25, 0.3) is 0 Å². The number of halogens is 2. The normalized spacial score (nSPS) is 17.2. The summed E-state index contributed by atoms with van der Waals surface area (Å²) in [5.41, 5.74) is 0.757. The summed E-state index contributed by atoms with van der Waals surface area (Å²) < 4.78 is 14.6. The van der Waals surface area contributed by atoms with Crippen molar-refractivity contribution in [2.45, 2.75) is 12.8 Å². The van der Waals surface area contributed by atoms with Gasteiger partial charge >= 0.3 is 0 Å². The number of hydrogen-bond donors (Lipinski definition) is 1. The lowest BCUT2D eigenvalue weighted by Crippen LogP contribution is -2.44. The van der Waals surface area contributed by atoms with Gasteiger partial charge in [-0.2, -0.15) is 0 Å². The van der Waals surface area contributed by atoms with Gasteiger partial charge in [0.25, 0.3) is 5.91 Å². The molecule has 2 amide bonds. The number of likely N-dealkylation sites (tertiary alicyclic amines) is 1. The van der Waals surface area contributed by atoms with E-state index in [9.17, 15) is 14.0 Å². The maximum atomic E-state index is 14.0. The summed E-state index contributed by atoms with van der Waals surface area (Å²) in [6.45, 7) is 0.823. The fourth-order valence-electron chi connectivity index (χ4n) is 2.97. The number of piperidine rings is 1. The van der Waals surface area contributed by atoms with Gasteiger partial charge in [0, 0.05) is 23.2 Å². The molecule has 1 atom stereocenters. The Hall–Kier alpha value is -2.21. The Morgan fingerprint density at radius 3 is 2.68 bits per heavy atom. The second-order valence-corrected chi connectivity index (χ2v) is 6.99. The molecule has 0 aromatic heterocycles. The van der Waals surface area contributed by atoms with Crippen molar-refractivity contribution in [2.75, 3.05) is 18.4 Å². The van der Waals surface area contributed by atoms with Crippen molar-refractivity contribution >= 4 is 33.4 Å². The lowest BCUT2D eigenvalue weighted by atomic mass is 9.96. The van der Waals surface area contributed by atoms with Crippen molar-refractivity contribution in [3.8, 4) is 0 Å². The summed E-state index contributed by atoms with van der Waals surface area (Å²) in [6, 6.07) is 13.5. The van der Waals surface area contributed by atoms with Crippen LogP contribution >= 0.6 is 15.9 Å². The maximum Gasteiger partial charge on any atom is 0.256 e. The topological polar surface area (TPSA) is 49.4 Å². The first-order valence-electron chi connectivity index (χ1n) is 8.15. The summed E-state index contributed by atoms with van der Waals surface area (Å²) in [5.74, 6) is -1.34. The van der Waals surface area contributed by atoms with Crippen LogP contribution in [0.4, 0.5) is 10.1 Å². The highest BCUT2D eigenvalue weighted by Gasteiger charge is 2.30. The summed E-state index contributed by atoms with van der Waals surface area (Å²) >= 11 is 3.26. The Bertz CT molecular complexity index is 782. The van der Waals surface area contributed by atoms with Crippen LogP contribution in [0.5, 0.6) is 0 Å². The van der Waals surface area contributed by atoms with Gasteiger partial charge in [-0.25, -0.2) is 4.39 Å². The maximum absolute atomic E-state index is 14.0. The zero-order valence-electron chi connectivity index (χ0n) is 13.5. The summed E-state index contributed by atoms with van der Waals surface area (Å²) in [4.78, 5) is 26.7. The van der Waals surface area contributed by atoms with Gasteiger partial charge in [0.2, 0.25) is 5.91 Å². The third-order valence-electron chi connectivity index (χ3n) is 4.28. The molecule has 1 unspecified atom stereocenters. The van der Waals surface area contributed by atoms with E-state index in [1.54, 1.807) is 11.0 Å². The van der Waals surface area contributed by atoms with Crippen molar-refractivity contribution in [3.63, 3.8) is 0 Å². The molecule has 4 nitrogen and oxygen atoms in total. The predicted octanol–water partition coefficient (Wildman–Crippen LogP) is 4.08. The molecule has 0 saturated carbocycles. The SMILES string of the molecule is O=C(Nc1ccccc1)C1CCCN(C(=O)c2cc(Br)ccc2F)C1. The first-order valence-corrected chi connectivity index (χ1v) is 8.94. The van der Waals surface area contributed by atoms with E-state index in [1.165, 1.54) is 12.1 Å². The molecular formula is C19H18BrFN2O2. The van der Waals surface area contributed by atoms with Gasteiger partial charge in [0.15, 0.2) is 0 Å². The Morgan fingerprint density at radius 2 is 1.92 bits per heavy atom. The van der Waals surface area contributed by atoms with Gasteiger partial charge < -0.3 is 10.2 Å². The molecule has 130 valence electrons. The van der Waals surface area contributed by atoms with Crippen LogP contribution in [0.1, 0.15) is 23.2 Å². The van der Waals surface area contributed by atoms with Gasteiger partial charge in [-0.05, 0) is 43.2 Å². The monoisotopic (exact) mass is 404 g/mol. The predicted molar refractivity (Wildman–Crippen MR) is 97.8 cm³/mol. The summed E-state index contributed by atoms with van der Waals surface area (Å²) in [6.07, 6.45) is 1.43. The van der Waals surface area contributed by atoms with Gasteiger partial charge in [-0.15, -0.1) is 0 Å². The number of carbonyl (C=O) groups excluding carboxylic acids is 2. The average Bonchev–Trinajstić information content (AvgIpc) is 2.64. The quantitative estimate of drug-likeness (QED) is 0.837. The lowest BCUT2D eigenvalue weighted by molar-refractivity contribution is -0.121. The zero-order valence-corrected chi connectivity index (χ0v) is 15.1. The molecule has 2 aromatic carbocycles. The number of amides is 2. The Kier molecular flexibility index (Phi) is 5.48. The van der Waals surface area contributed by atoms with Crippen LogP contribution in [-0.2, 0) is 4.79 Å². The van der Waals surface area contributed by atoms with Gasteiger partial charge in [-0.3, -0.25) is 9.59 Å². The third kappa shape index (κ3) is 4.25. The van der Waals surface area contributed by atoms with Crippen LogP contribution < -0.4 is 5.32 Å². The number of carbonyl (C=O) groups is 2. The highest BCUT2D eigenvalue weighted by molar-refractivity contribution is 9.10. The fourth-order valence-corrected chi connectivity index (χ4v) is 3.33. The van der Waals surface area contributed by atoms with E-state index in [2.05, 4.69) is 21.2 Å². The van der Waals surface area contributed by atoms with Crippen LogP contribution in [0.15, 0.2) is 53.0 Å². The second kappa shape index (κ2) is 7.78. The highest BCUT2D eigenvalue weighted by Crippen LogP contribution is 2.23. The van der Waals surface area contributed by atoms with Crippen LogP contribution in [0.3, 0.4) is 0 Å². The first-order chi connectivity index (χ1) is 12.0. The molecule has 1 heterocycles. The van der Waals surface area contributed by atoms with E-state index in [0.29, 0.717) is 30.4 Å². The fraction of sp³-hybridized carbons (Fsp3) is 0.263. The first kappa shape index (κ1) is 17.6. The smallest absolute Gasteiger partial charge is 0.256 e. The molecule has 1 aliphatic rings. The molecule has 2 aromatic rings. The molecule has 0 spiro atoms. The molecule has 1 saturated heterocycles. The minimum atomic E-state index is -0.552. The van der Waals surface area contributed by atoms with Gasteiger partial charge in [-0.1, -0.05) is 34.1 Å². The number of benzene rings is 2. The molecule has 1 fully saturated rings. The minimum absolute atomic E-state index is 0.0264. The average molecular weight is 405 g/mol. The molecule has 6 heteroatoms. The lowest BCUT2D eigenvalue weighted by Gasteiger charge is -2.32. The van der Waals surface area contributed by atoms with Crippen LogP contribution in [0, 0.1) is 11.7 Å². The number of anilines is 1. The van der Waals surface area contributed by atoms with Crippen molar-refractivity contribution in [1.82, 2.24) is 4.90 Å². The van der Waals surface area contributed by atoms with E-state index >= 15 is 0 Å². The number of nitrogens with zero attached hydrogens (tertiary/aromatic N) is 1. The number of hydrogen-bond acceptors (Lipinski definition) is 2. The number of nitrogens with one attached hydrogen (secondary N) is 1. The van der Waals surface area contributed by atoms with Crippen molar-refractivity contribution < 1.29 is 14.0 Å². The van der Waals surface area contributed by atoms with Gasteiger partial charge in [0.05, 0.1) is 11.5 Å². The molecule has 25 heavy (non-hydrogen) atoms. The molecular weight excluding hydrogens is 387 g/mol. The third-order valence-corrected chi connectivity index (χ3v) is 4.77. The minimum Gasteiger partial charge on any atom is -0.338 e. The zero-order chi connectivity index (χ0) is 17.8. The Morgan fingerprint density at radius 1 is 1.16 bits per heavy atom. The summed E-state index contributed by atoms with van der Waals surface area (Å²) in [5, 5.41) is 2.87. The molecule has 1 aliphatic heterocycles.